The molecule has 0 saturated heterocycles. The van der Waals surface area contributed by atoms with Crippen LogP contribution < -0.4 is 31.7 Å². The van der Waals surface area contributed by atoms with Crippen molar-refractivity contribution in [3.8, 4) is 5.75 Å². The number of rotatable bonds is 22. The number of amides is 5. The molecule has 2 aliphatic rings. The lowest BCUT2D eigenvalue weighted by atomic mass is 10.1. The van der Waals surface area contributed by atoms with E-state index in [0.29, 0.717) is 99.5 Å². The molecular formula is C41H47N7O9S. The van der Waals surface area contributed by atoms with Crippen molar-refractivity contribution in [1.29, 1.82) is 0 Å². The predicted molar refractivity (Wildman–Crippen MR) is 216 cm³/mol. The van der Waals surface area contributed by atoms with Crippen LogP contribution in [0.1, 0.15) is 55.2 Å². The molecule has 1 atom stereocenters. The van der Waals surface area contributed by atoms with Crippen molar-refractivity contribution < 1.29 is 42.9 Å². The summed E-state index contributed by atoms with van der Waals surface area (Å²) in [4.78, 5) is 68.7. The van der Waals surface area contributed by atoms with Gasteiger partial charge in [0.15, 0.2) is 6.61 Å². The molecule has 4 aromatic rings. The van der Waals surface area contributed by atoms with Gasteiger partial charge < -0.3 is 50.8 Å². The highest BCUT2D eigenvalue weighted by Gasteiger charge is 2.33. The van der Waals surface area contributed by atoms with E-state index in [2.05, 4.69) is 26.3 Å². The summed E-state index contributed by atoms with van der Waals surface area (Å²) in [6.45, 7) is 3.08. The van der Waals surface area contributed by atoms with Gasteiger partial charge in [0.1, 0.15) is 5.75 Å². The molecule has 1 unspecified atom stereocenters. The van der Waals surface area contributed by atoms with Gasteiger partial charge in [-0.15, -0.1) is 11.3 Å². The summed E-state index contributed by atoms with van der Waals surface area (Å²) in [5.74, 6) is -0.708. The number of ether oxygens (including phenoxy) is 4. The lowest BCUT2D eigenvalue weighted by Crippen LogP contribution is -2.43. The average Bonchev–Trinajstić information content (AvgIpc) is 3.95. The summed E-state index contributed by atoms with van der Waals surface area (Å²) >= 11 is 1.46. The quantitative estimate of drug-likeness (QED) is 0.0728. The largest absolute Gasteiger partial charge is 0.482 e. The Morgan fingerprint density at radius 2 is 1.48 bits per heavy atom. The molecule has 1 aromatic heterocycles. The van der Waals surface area contributed by atoms with E-state index in [1.54, 1.807) is 60.1 Å². The van der Waals surface area contributed by atoms with Gasteiger partial charge in [-0.25, -0.2) is 4.98 Å². The maximum Gasteiger partial charge on any atom is 0.262 e. The van der Waals surface area contributed by atoms with E-state index in [-0.39, 0.29) is 42.2 Å². The number of nitrogens with one attached hydrogen (secondary N) is 4. The topological polar surface area (TPSA) is 213 Å². The molecule has 306 valence electrons. The fraction of sp³-hybridized carbons (Fsp3) is 0.366. The fourth-order valence-electron chi connectivity index (χ4n) is 5.91. The van der Waals surface area contributed by atoms with Gasteiger partial charge in [-0.2, -0.15) is 0 Å². The predicted octanol–water partition coefficient (Wildman–Crippen LogP) is 3.00. The molecule has 0 spiro atoms. The third-order valence-corrected chi connectivity index (χ3v) is 9.79. The SMILES string of the molecule is NC(Cc1cscn1)C(=O)NCCOCCOCCOCCNC(=O)c1ccc(NC(=O)c2ccc(CN(C(=O)c3ccc4c(c3)OCC(=O)N4)C3CC3)cc2)cc1. The number of nitrogens with two attached hydrogens (primary N) is 1. The van der Waals surface area contributed by atoms with E-state index in [1.165, 1.54) is 11.3 Å². The minimum Gasteiger partial charge on any atom is -0.482 e. The minimum absolute atomic E-state index is 0.0891. The number of hydrogen-bond donors (Lipinski definition) is 5. The summed E-state index contributed by atoms with van der Waals surface area (Å²) in [7, 11) is 0. The molecule has 58 heavy (non-hydrogen) atoms. The van der Waals surface area contributed by atoms with Crippen molar-refractivity contribution in [3.63, 3.8) is 0 Å². The first-order valence-corrected chi connectivity index (χ1v) is 20.0. The normalized spacial score (nSPS) is 13.7. The van der Waals surface area contributed by atoms with Gasteiger partial charge in [0.25, 0.3) is 23.6 Å². The van der Waals surface area contributed by atoms with Crippen LogP contribution in [0.15, 0.2) is 77.6 Å². The molecule has 0 bridgehead atoms. The van der Waals surface area contributed by atoms with Crippen LogP contribution in [0.4, 0.5) is 11.4 Å². The molecule has 5 amide bonds. The smallest absolute Gasteiger partial charge is 0.262 e. The number of benzene rings is 3. The van der Waals surface area contributed by atoms with E-state index in [1.807, 2.05) is 22.4 Å². The molecule has 2 heterocycles. The van der Waals surface area contributed by atoms with Gasteiger partial charge in [-0.3, -0.25) is 24.0 Å². The number of thiazole rings is 1. The Morgan fingerprint density at radius 3 is 2.16 bits per heavy atom. The monoisotopic (exact) mass is 813 g/mol. The Bertz CT molecular complexity index is 2010. The summed E-state index contributed by atoms with van der Waals surface area (Å²) in [5.41, 5.74) is 11.7. The number of hydrogen-bond acceptors (Lipinski definition) is 12. The van der Waals surface area contributed by atoms with Crippen LogP contribution >= 0.6 is 11.3 Å². The van der Waals surface area contributed by atoms with Crippen molar-refractivity contribution in [2.24, 2.45) is 5.73 Å². The molecule has 1 fully saturated rings. The Morgan fingerprint density at radius 1 is 0.845 bits per heavy atom. The van der Waals surface area contributed by atoms with Gasteiger partial charge in [-0.1, -0.05) is 12.1 Å². The lowest BCUT2D eigenvalue weighted by molar-refractivity contribution is -0.122. The Kier molecular flexibility index (Phi) is 15.3. The highest BCUT2D eigenvalue weighted by Crippen LogP contribution is 2.33. The maximum absolute atomic E-state index is 13.5. The van der Waals surface area contributed by atoms with Crippen LogP contribution in [0.3, 0.4) is 0 Å². The number of nitrogens with zero attached hydrogens (tertiary/aromatic N) is 2. The lowest BCUT2D eigenvalue weighted by Gasteiger charge is -2.24. The van der Waals surface area contributed by atoms with Crippen molar-refractivity contribution in [2.75, 3.05) is 70.0 Å². The van der Waals surface area contributed by atoms with Crippen molar-refractivity contribution >= 4 is 52.2 Å². The molecule has 1 aliphatic carbocycles. The highest BCUT2D eigenvalue weighted by atomic mass is 32.1. The van der Waals surface area contributed by atoms with Crippen LogP contribution in [0, 0.1) is 0 Å². The van der Waals surface area contributed by atoms with Crippen LogP contribution in [0.5, 0.6) is 5.75 Å². The number of fused-ring (bicyclic) bond motifs is 1. The first kappa shape index (κ1) is 41.9. The van der Waals surface area contributed by atoms with E-state index >= 15 is 0 Å². The zero-order chi connectivity index (χ0) is 40.7. The zero-order valence-electron chi connectivity index (χ0n) is 31.9. The summed E-state index contributed by atoms with van der Waals surface area (Å²) in [6, 6.07) is 18.2. The van der Waals surface area contributed by atoms with Crippen LogP contribution in [0.2, 0.25) is 0 Å². The number of carbonyl (C=O) groups is 5. The van der Waals surface area contributed by atoms with Crippen molar-refractivity contribution in [3.05, 3.63) is 106 Å². The Labute approximate surface area is 339 Å². The molecule has 1 aliphatic heterocycles. The minimum atomic E-state index is -0.652. The highest BCUT2D eigenvalue weighted by molar-refractivity contribution is 7.07. The zero-order valence-corrected chi connectivity index (χ0v) is 32.7. The second kappa shape index (κ2) is 21.2. The van der Waals surface area contributed by atoms with Gasteiger partial charge in [0.05, 0.1) is 62.6 Å². The standard InChI is InChI=1S/C41H47N7O9S/c42-34(22-32-25-58-26-45-32)40(52)44-14-16-55-18-20-56-19-17-54-15-13-43-38(50)28-5-8-31(9-6-28)46-39(51)29-3-1-27(2-4-29)23-48(33-10-11-33)41(53)30-7-12-35-36(21-30)57-24-37(49)47-35/h1-9,12,21,25-26,33-34H,10-11,13-20,22-24,42H2,(H,43,50)(H,44,52)(H,46,51)(H,47,49). The van der Waals surface area contributed by atoms with E-state index in [0.717, 1.165) is 24.1 Å². The average molecular weight is 814 g/mol. The molecule has 6 N–H and O–H groups in total. The maximum atomic E-state index is 13.5. The van der Waals surface area contributed by atoms with Crippen molar-refractivity contribution in [2.45, 2.75) is 37.9 Å². The molecule has 1 saturated carbocycles. The van der Waals surface area contributed by atoms with Gasteiger partial charge in [0, 0.05) is 59.9 Å². The summed E-state index contributed by atoms with van der Waals surface area (Å²) in [5, 5.41) is 13.0. The fourth-order valence-corrected chi connectivity index (χ4v) is 6.48. The Hall–Kier alpha value is -5.72. The molecular weight excluding hydrogens is 767 g/mol. The second-order valence-corrected chi connectivity index (χ2v) is 14.3. The van der Waals surface area contributed by atoms with Crippen LogP contribution in [-0.2, 0) is 36.8 Å². The summed E-state index contributed by atoms with van der Waals surface area (Å²) in [6.07, 6.45) is 2.24. The van der Waals surface area contributed by atoms with Gasteiger partial charge in [0.2, 0.25) is 5.91 Å². The number of carbonyl (C=O) groups excluding carboxylic acids is 5. The van der Waals surface area contributed by atoms with E-state index < -0.39 is 6.04 Å². The second-order valence-electron chi connectivity index (χ2n) is 13.6. The molecule has 16 nitrogen and oxygen atoms in total. The number of anilines is 2. The third-order valence-electron chi connectivity index (χ3n) is 9.15. The summed E-state index contributed by atoms with van der Waals surface area (Å²) < 4.78 is 22.0. The van der Waals surface area contributed by atoms with E-state index in [9.17, 15) is 24.0 Å². The first-order valence-electron chi connectivity index (χ1n) is 19.0. The van der Waals surface area contributed by atoms with Gasteiger partial charge in [-0.05, 0) is 73.0 Å². The third kappa shape index (κ3) is 12.6. The van der Waals surface area contributed by atoms with Crippen molar-refractivity contribution in [1.82, 2.24) is 20.5 Å². The first-order chi connectivity index (χ1) is 28.2. The molecule has 0 radical (unpaired) electrons. The number of aromatic nitrogens is 1. The van der Waals surface area contributed by atoms with Gasteiger partial charge >= 0.3 is 0 Å². The van der Waals surface area contributed by atoms with Crippen LogP contribution in [0.25, 0.3) is 0 Å². The van der Waals surface area contributed by atoms with Crippen LogP contribution in [-0.4, -0.2) is 111 Å². The molecule has 6 rings (SSSR count). The Balaban J connectivity index is 0.816. The molecule has 17 heteroatoms. The van der Waals surface area contributed by atoms with E-state index in [4.69, 9.17) is 24.7 Å². The molecule has 3 aromatic carbocycles.